The number of carboxylic acid groups (broad SMARTS) is 1. The maximum atomic E-state index is 15.1. The highest BCUT2D eigenvalue weighted by Gasteiger charge is 2.33. The quantitative estimate of drug-likeness (QED) is 0.333. The second-order valence-electron chi connectivity index (χ2n) is 9.20. The summed E-state index contributed by atoms with van der Waals surface area (Å²) >= 11 is 0. The first kappa shape index (κ1) is 23.1. The Balaban J connectivity index is 1.43. The Labute approximate surface area is 204 Å². The molecule has 0 amide bonds. The van der Waals surface area contributed by atoms with Crippen molar-refractivity contribution >= 4 is 16.7 Å². The summed E-state index contributed by atoms with van der Waals surface area (Å²) in [5.41, 5.74) is 3.13. The minimum atomic E-state index is -1.05. The monoisotopic (exact) mass is 469 g/mol. The summed E-state index contributed by atoms with van der Waals surface area (Å²) in [6.45, 7) is 4.40. The highest BCUT2D eigenvalue weighted by Crippen LogP contribution is 2.43. The molecule has 0 bridgehead atoms. The van der Waals surface area contributed by atoms with Gasteiger partial charge in [-0.1, -0.05) is 60.7 Å². The maximum Gasteiger partial charge on any atom is 0.335 e. The summed E-state index contributed by atoms with van der Waals surface area (Å²) in [6, 6.07) is 25.0. The zero-order valence-electron chi connectivity index (χ0n) is 19.8. The van der Waals surface area contributed by atoms with Crippen molar-refractivity contribution in [2.24, 2.45) is 0 Å². The van der Waals surface area contributed by atoms with Crippen LogP contribution in [0.5, 0.6) is 5.75 Å². The molecular weight excluding hydrogens is 441 g/mol. The summed E-state index contributed by atoms with van der Waals surface area (Å²) in [4.78, 5) is 11.7. The zero-order chi connectivity index (χ0) is 24.5. The number of carbonyl (C=O) groups is 1. The summed E-state index contributed by atoms with van der Waals surface area (Å²) < 4.78 is 21.4. The van der Waals surface area contributed by atoms with E-state index in [1.54, 1.807) is 6.92 Å². The van der Waals surface area contributed by atoms with Crippen molar-refractivity contribution in [2.75, 3.05) is 6.54 Å². The second-order valence-corrected chi connectivity index (χ2v) is 9.20. The van der Waals surface area contributed by atoms with Crippen LogP contribution in [-0.2, 0) is 0 Å². The van der Waals surface area contributed by atoms with Crippen LogP contribution in [0.2, 0.25) is 0 Å². The zero-order valence-corrected chi connectivity index (χ0v) is 19.8. The van der Waals surface area contributed by atoms with Gasteiger partial charge in [-0.15, -0.1) is 0 Å². The number of rotatable bonds is 6. The Morgan fingerprint density at radius 3 is 2.63 bits per heavy atom. The number of fused-ring (bicyclic) bond motifs is 2. The van der Waals surface area contributed by atoms with Crippen molar-refractivity contribution in [1.82, 2.24) is 5.32 Å². The molecule has 0 saturated heterocycles. The van der Waals surface area contributed by atoms with Crippen molar-refractivity contribution in [1.29, 1.82) is 0 Å². The van der Waals surface area contributed by atoms with Crippen molar-refractivity contribution in [3.63, 3.8) is 0 Å². The van der Waals surface area contributed by atoms with Crippen LogP contribution in [-0.4, -0.2) is 23.7 Å². The highest BCUT2D eigenvalue weighted by molar-refractivity contribution is 5.90. The molecule has 178 valence electrons. The summed E-state index contributed by atoms with van der Waals surface area (Å²) in [6.07, 6.45) is 0.354. The lowest BCUT2D eigenvalue weighted by atomic mass is 9.81. The number of aromatic carboxylic acids is 1. The van der Waals surface area contributed by atoms with E-state index in [1.165, 1.54) is 28.5 Å². The molecule has 35 heavy (non-hydrogen) atoms. The Morgan fingerprint density at radius 2 is 1.80 bits per heavy atom. The number of ether oxygens (including phenoxy) is 1. The van der Waals surface area contributed by atoms with Crippen LogP contribution in [0, 0.1) is 12.7 Å². The van der Waals surface area contributed by atoms with Crippen LogP contribution in [0.25, 0.3) is 10.8 Å². The van der Waals surface area contributed by atoms with Gasteiger partial charge in [0.25, 0.3) is 0 Å². The van der Waals surface area contributed by atoms with Gasteiger partial charge in [0.2, 0.25) is 0 Å². The average Bonchev–Trinajstić information content (AvgIpc) is 2.86. The predicted molar refractivity (Wildman–Crippen MR) is 136 cm³/mol. The Hall–Kier alpha value is -3.70. The van der Waals surface area contributed by atoms with Crippen LogP contribution in [0.15, 0.2) is 78.9 Å². The number of hydrogen-bond acceptors (Lipinski definition) is 3. The molecule has 0 fully saturated rings. The first-order valence-corrected chi connectivity index (χ1v) is 11.9. The van der Waals surface area contributed by atoms with Gasteiger partial charge in [0.1, 0.15) is 17.7 Å². The molecule has 2 N–H and O–H groups in total. The lowest BCUT2D eigenvalue weighted by molar-refractivity contribution is 0.0696. The van der Waals surface area contributed by atoms with Gasteiger partial charge in [0.05, 0.1) is 5.56 Å². The molecule has 2 unspecified atom stereocenters. The average molecular weight is 470 g/mol. The van der Waals surface area contributed by atoms with Crippen molar-refractivity contribution in [2.45, 2.75) is 38.3 Å². The highest BCUT2D eigenvalue weighted by atomic mass is 19.1. The summed E-state index contributed by atoms with van der Waals surface area (Å²) in [7, 11) is 0. The second kappa shape index (κ2) is 9.51. The normalized spacial score (nSPS) is 18.0. The molecule has 4 aromatic carbocycles. The molecule has 0 aliphatic carbocycles. The molecule has 0 aromatic heterocycles. The van der Waals surface area contributed by atoms with E-state index in [0.29, 0.717) is 29.8 Å². The van der Waals surface area contributed by atoms with E-state index in [0.717, 1.165) is 5.56 Å². The Morgan fingerprint density at radius 1 is 1.06 bits per heavy atom. The van der Waals surface area contributed by atoms with Gasteiger partial charge in [-0.25, -0.2) is 9.18 Å². The fourth-order valence-electron chi connectivity index (χ4n) is 5.29. The van der Waals surface area contributed by atoms with Crippen LogP contribution in [0.4, 0.5) is 4.39 Å². The molecule has 0 saturated carbocycles. The van der Waals surface area contributed by atoms with E-state index in [4.69, 9.17) is 4.74 Å². The van der Waals surface area contributed by atoms with Gasteiger partial charge in [-0.2, -0.15) is 0 Å². The van der Waals surface area contributed by atoms with Crippen LogP contribution >= 0.6 is 0 Å². The number of hydrogen-bond donors (Lipinski definition) is 2. The Kier molecular flexibility index (Phi) is 6.27. The first-order valence-electron chi connectivity index (χ1n) is 11.9. The molecule has 3 atom stereocenters. The van der Waals surface area contributed by atoms with Gasteiger partial charge in [0.15, 0.2) is 0 Å². The molecule has 1 aliphatic rings. The molecule has 5 rings (SSSR count). The number of halogens is 1. The van der Waals surface area contributed by atoms with Crippen LogP contribution in [0.1, 0.15) is 57.9 Å². The van der Waals surface area contributed by atoms with Crippen molar-refractivity contribution < 1.29 is 19.0 Å². The molecule has 1 heterocycles. The standard InChI is InChI=1S/C30H28FNO3/c1-18-22(30(33)34)14-15-27(31)29(18)26-16-21(35-28-13-6-5-11-25(26)28)17-32-19(2)23-12-7-9-20-8-3-4-10-24(20)23/h3-15,19,21,26,32H,16-17H2,1-2H3,(H,33,34)/t19-,21?,26?/m1/s1. The van der Waals surface area contributed by atoms with Gasteiger partial charge in [0, 0.05) is 24.1 Å². The molecule has 4 aromatic rings. The fraction of sp³-hybridized carbons (Fsp3) is 0.233. The van der Waals surface area contributed by atoms with Crippen molar-refractivity contribution in [3.8, 4) is 5.75 Å². The minimum Gasteiger partial charge on any atom is -0.489 e. The topological polar surface area (TPSA) is 58.6 Å². The summed E-state index contributed by atoms with van der Waals surface area (Å²) in [5, 5.41) is 15.6. The number of nitrogens with one attached hydrogen (secondary N) is 1. The number of carboxylic acids is 1. The Bertz CT molecular complexity index is 1390. The molecule has 0 radical (unpaired) electrons. The lowest BCUT2D eigenvalue weighted by Gasteiger charge is -2.34. The van der Waals surface area contributed by atoms with Crippen LogP contribution < -0.4 is 10.1 Å². The summed E-state index contributed by atoms with van der Waals surface area (Å²) in [5.74, 6) is -1.01. The third kappa shape index (κ3) is 4.40. The maximum absolute atomic E-state index is 15.1. The van der Waals surface area contributed by atoms with Gasteiger partial charge >= 0.3 is 5.97 Å². The minimum absolute atomic E-state index is 0.0918. The van der Waals surface area contributed by atoms with Gasteiger partial charge < -0.3 is 15.2 Å². The lowest BCUT2D eigenvalue weighted by Crippen LogP contribution is -2.37. The number of benzene rings is 4. The first-order chi connectivity index (χ1) is 16.9. The van der Waals surface area contributed by atoms with E-state index in [1.807, 2.05) is 36.4 Å². The molecule has 0 spiro atoms. The third-order valence-corrected chi connectivity index (χ3v) is 7.07. The predicted octanol–water partition coefficient (Wildman–Crippen LogP) is 6.62. The van der Waals surface area contributed by atoms with Crippen molar-refractivity contribution in [3.05, 3.63) is 112 Å². The number of para-hydroxylation sites is 1. The van der Waals surface area contributed by atoms with Gasteiger partial charge in [-0.3, -0.25) is 0 Å². The largest absolute Gasteiger partial charge is 0.489 e. The molecule has 5 heteroatoms. The van der Waals surface area contributed by atoms with Crippen LogP contribution in [0.3, 0.4) is 0 Å². The molecule has 1 aliphatic heterocycles. The van der Waals surface area contributed by atoms with Gasteiger partial charge in [-0.05, 0) is 65.9 Å². The molecule has 4 nitrogen and oxygen atoms in total. The SMILES string of the molecule is Cc1c(C(=O)O)ccc(F)c1C1CC(CN[C@H](C)c2cccc3ccccc23)Oc2ccccc21. The van der Waals surface area contributed by atoms with E-state index in [9.17, 15) is 9.90 Å². The molecular formula is C30H28FNO3. The third-order valence-electron chi connectivity index (χ3n) is 7.07. The van der Waals surface area contributed by atoms with E-state index < -0.39 is 5.97 Å². The van der Waals surface area contributed by atoms with E-state index in [2.05, 4.69) is 42.6 Å². The smallest absolute Gasteiger partial charge is 0.335 e. The van der Waals surface area contributed by atoms with E-state index >= 15 is 4.39 Å². The fourth-order valence-corrected chi connectivity index (χ4v) is 5.29. The van der Waals surface area contributed by atoms with E-state index in [-0.39, 0.29) is 29.4 Å².